The van der Waals surface area contributed by atoms with Crippen molar-refractivity contribution in [2.75, 3.05) is 0 Å². The molecule has 0 aromatic heterocycles. The predicted octanol–water partition coefficient (Wildman–Crippen LogP) is 2.64. The summed E-state index contributed by atoms with van der Waals surface area (Å²) in [6, 6.07) is 1.39. The van der Waals surface area contributed by atoms with Crippen molar-refractivity contribution < 1.29 is 22.4 Å². The Hall–Kier alpha value is -1.70. The van der Waals surface area contributed by atoms with E-state index in [2.05, 4.69) is 5.32 Å². The minimum absolute atomic E-state index is 0.0269. The summed E-state index contributed by atoms with van der Waals surface area (Å²) in [6.45, 7) is 1.70. The second-order valence-electron chi connectivity index (χ2n) is 4.03. The zero-order chi connectivity index (χ0) is 15.5. The van der Waals surface area contributed by atoms with Gasteiger partial charge in [-0.05, 0) is 24.6 Å². The molecule has 0 saturated carbocycles. The Kier molecular flexibility index (Phi) is 5.04. The lowest BCUT2D eigenvalue weighted by atomic mass is 10.1. The third-order valence-electron chi connectivity index (χ3n) is 2.59. The molecule has 110 valence electrons. The van der Waals surface area contributed by atoms with Gasteiger partial charge in [0.25, 0.3) is 5.91 Å². The Morgan fingerprint density at radius 1 is 1.45 bits per heavy atom. The minimum Gasteiger partial charge on any atom is -0.392 e. The van der Waals surface area contributed by atoms with Gasteiger partial charge < -0.3 is 11.1 Å². The van der Waals surface area contributed by atoms with E-state index in [-0.39, 0.29) is 10.6 Å². The molecule has 0 radical (unpaired) electrons. The third kappa shape index (κ3) is 3.89. The fraction of sp³-hybridized carbons (Fsp3) is 0.333. The molecule has 1 rings (SSSR count). The summed E-state index contributed by atoms with van der Waals surface area (Å²) < 4.78 is 50.7. The van der Waals surface area contributed by atoms with Crippen molar-refractivity contribution in [1.29, 1.82) is 0 Å². The van der Waals surface area contributed by atoms with Crippen molar-refractivity contribution >= 4 is 23.1 Å². The Morgan fingerprint density at radius 3 is 2.50 bits per heavy atom. The number of nitrogens with one attached hydrogen (secondary N) is 1. The molecule has 8 heteroatoms. The van der Waals surface area contributed by atoms with Gasteiger partial charge in [0.05, 0.1) is 16.6 Å². The molecular weight excluding hydrogens is 296 g/mol. The lowest BCUT2D eigenvalue weighted by Crippen LogP contribution is -2.43. The van der Waals surface area contributed by atoms with E-state index in [4.69, 9.17) is 18.0 Å². The lowest BCUT2D eigenvalue weighted by Gasteiger charge is -2.16. The van der Waals surface area contributed by atoms with Crippen molar-refractivity contribution in [3.8, 4) is 0 Å². The average molecular weight is 308 g/mol. The summed E-state index contributed by atoms with van der Waals surface area (Å²) in [7, 11) is 0. The van der Waals surface area contributed by atoms with E-state index in [9.17, 15) is 22.4 Å². The maximum Gasteiger partial charge on any atom is 0.419 e. The molecule has 0 aliphatic carbocycles. The normalized spacial score (nSPS) is 12.8. The molecule has 0 spiro atoms. The summed E-state index contributed by atoms with van der Waals surface area (Å²) in [5, 5.41) is 2.39. The largest absolute Gasteiger partial charge is 0.419 e. The first-order chi connectivity index (χ1) is 9.16. The average Bonchev–Trinajstić information content (AvgIpc) is 2.34. The number of carbonyl (C=O) groups is 1. The molecule has 1 atom stereocenters. The highest BCUT2D eigenvalue weighted by molar-refractivity contribution is 7.80. The van der Waals surface area contributed by atoms with Crippen LogP contribution in [0.25, 0.3) is 0 Å². The van der Waals surface area contributed by atoms with Gasteiger partial charge in [0, 0.05) is 5.56 Å². The Labute approximate surface area is 118 Å². The van der Waals surface area contributed by atoms with Crippen LogP contribution >= 0.6 is 12.2 Å². The number of rotatable bonds is 4. The second kappa shape index (κ2) is 6.17. The van der Waals surface area contributed by atoms with Crippen LogP contribution in [-0.2, 0) is 6.18 Å². The second-order valence-corrected chi connectivity index (χ2v) is 4.50. The predicted molar refractivity (Wildman–Crippen MR) is 69.7 cm³/mol. The first kappa shape index (κ1) is 16.4. The third-order valence-corrected chi connectivity index (χ3v) is 2.88. The number of hydrogen-bond acceptors (Lipinski definition) is 2. The highest BCUT2D eigenvalue weighted by Crippen LogP contribution is 2.31. The Morgan fingerprint density at radius 2 is 2.05 bits per heavy atom. The number of nitrogens with two attached hydrogens (primary N) is 1. The monoisotopic (exact) mass is 308 g/mol. The highest BCUT2D eigenvalue weighted by atomic mass is 32.1. The van der Waals surface area contributed by atoms with Crippen LogP contribution in [0.15, 0.2) is 18.2 Å². The number of carbonyl (C=O) groups excluding carboxylic acids is 1. The van der Waals surface area contributed by atoms with Gasteiger partial charge in [0.1, 0.15) is 5.82 Å². The van der Waals surface area contributed by atoms with Gasteiger partial charge in [-0.25, -0.2) is 4.39 Å². The molecule has 0 bridgehead atoms. The quantitative estimate of drug-likeness (QED) is 0.664. The maximum absolute atomic E-state index is 13.1. The number of hydrogen-bond donors (Lipinski definition) is 2. The minimum atomic E-state index is -4.87. The molecule has 0 aliphatic heterocycles. The van der Waals surface area contributed by atoms with Crippen LogP contribution in [-0.4, -0.2) is 16.9 Å². The van der Waals surface area contributed by atoms with E-state index >= 15 is 0 Å². The first-order valence-electron chi connectivity index (χ1n) is 5.63. The van der Waals surface area contributed by atoms with E-state index in [1.165, 1.54) is 0 Å². The van der Waals surface area contributed by atoms with Gasteiger partial charge in [-0.1, -0.05) is 19.1 Å². The number of amides is 1. The van der Waals surface area contributed by atoms with Crippen LogP contribution in [0, 0.1) is 5.82 Å². The zero-order valence-corrected chi connectivity index (χ0v) is 11.2. The Bertz CT molecular complexity index is 531. The summed E-state index contributed by atoms with van der Waals surface area (Å²) >= 11 is 4.71. The van der Waals surface area contributed by atoms with Gasteiger partial charge in [0.15, 0.2) is 0 Å². The summed E-state index contributed by atoms with van der Waals surface area (Å²) in [4.78, 5) is 11.8. The number of halogens is 4. The van der Waals surface area contributed by atoms with Crippen LogP contribution in [0.3, 0.4) is 0 Å². The fourth-order valence-electron chi connectivity index (χ4n) is 1.50. The van der Waals surface area contributed by atoms with Crippen molar-refractivity contribution in [3.63, 3.8) is 0 Å². The molecule has 0 fully saturated rings. The summed E-state index contributed by atoms with van der Waals surface area (Å²) in [5.41, 5.74) is 3.57. The van der Waals surface area contributed by atoms with Crippen molar-refractivity contribution in [1.82, 2.24) is 5.32 Å². The molecule has 20 heavy (non-hydrogen) atoms. The zero-order valence-electron chi connectivity index (χ0n) is 10.4. The summed E-state index contributed by atoms with van der Waals surface area (Å²) in [6.07, 6.45) is -4.47. The van der Waals surface area contributed by atoms with Crippen LogP contribution in [0.4, 0.5) is 17.6 Å². The topological polar surface area (TPSA) is 55.1 Å². The molecule has 1 aromatic carbocycles. The summed E-state index contributed by atoms with van der Waals surface area (Å²) in [5.74, 6) is -2.23. The van der Waals surface area contributed by atoms with Crippen LogP contribution in [0.5, 0.6) is 0 Å². The van der Waals surface area contributed by atoms with E-state index in [0.29, 0.717) is 18.6 Å². The lowest BCUT2D eigenvalue weighted by molar-refractivity contribution is -0.140. The number of thiocarbonyl (C=S) groups is 1. The smallest absolute Gasteiger partial charge is 0.392 e. The van der Waals surface area contributed by atoms with Gasteiger partial charge in [0.2, 0.25) is 0 Å². The molecule has 0 aliphatic rings. The number of benzene rings is 1. The fourth-order valence-corrected chi connectivity index (χ4v) is 1.73. The van der Waals surface area contributed by atoms with Crippen LogP contribution < -0.4 is 11.1 Å². The number of alkyl halides is 3. The molecule has 0 heterocycles. The van der Waals surface area contributed by atoms with Gasteiger partial charge in [-0.2, -0.15) is 13.2 Å². The van der Waals surface area contributed by atoms with E-state index in [1.807, 2.05) is 0 Å². The van der Waals surface area contributed by atoms with Crippen molar-refractivity contribution in [3.05, 3.63) is 35.1 Å². The van der Waals surface area contributed by atoms with Gasteiger partial charge in [-0.15, -0.1) is 0 Å². The Balaban J connectivity index is 3.03. The molecule has 0 saturated heterocycles. The highest BCUT2D eigenvalue weighted by Gasteiger charge is 2.34. The molecule has 3 N–H and O–H groups in total. The molecular formula is C12H12F4N2OS. The van der Waals surface area contributed by atoms with Crippen molar-refractivity contribution in [2.45, 2.75) is 25.6 Å². The van der Waals surface area contributed by atoms with E-state index in [0.717, 1.165) is 6.07 Å². The van der Waals surface area contributed by atoms with Crippen LogP contribution in [0.2, 0.25) is 0 Å². The molecule has 1 aromatic rings. The SMILES string of the molecule is CCC(NC(=O)c1ccc(F)c(C(F)(F)F)c1)C(N)=S. The van der Waals surface area contributed by atoms with Gasteiger partial charge in [-0.3, -0.25) is 4.79 Å². The first-order valence-corrected chi connectivity index (χ1v) is 6.04. The van der Waals surface area contributed by atoms with Crippen LogP contribution in [0.1, 0.15) is 29.3 Å². The van der Waals surface area contributed by atoms with Crippen molar-refractivity contribution in [2.24, 2.45) is 5.73 Å². The van der Waals surface area contributed by atoms with E-state index < -0.39 is 29.5 Å². The molecule has 3 nitrogen and oxygen atoms in total. The molecule has 1 unspecified atom stereocenters. The van der Waals surface area contributed by atoms with E-state index in [1.54, 1.807) is 6.92 Å². The standard InChI is InChI=1S/C12H12F4N2OS/c1-2-9(10(17)20)18-11(19)6-3-4-8(13)7(5-6)12(14,15)16/h3-5,9H,2H2,1H3,(H2,17,20)(H,18,19). The van der Waals surface area contributed by atoms with Gasteiger partial charge >= 0.3 is 6.18 Å². The molecule has 1 amide bonds. The maximum atomic E-state index is 13.1.